The molecule has 0 fully saturated rings. The van der Waals surface area contributed by atoms with Crippen LogP contribution in [0.2, 0.25) is 0 Å². The van der Waals surface area contributed by atoms with Gasteiger partial charge in [0.25, 0.3) is 29.1 Å². The molecule has 0 aliphatic carbocycles. The van der Waals surface area contributed by atoms with Crippen molar-refractivity contribution in [1.82, 2.24) is 25.1 Å². The zero-order valence-electron chi connectivity index (χ0n) is 17.2. The molecule has 5 aromatic rings. The van der Waals surface area contributed by atoms with E-state index in [1.807, 2.05) is 12.1 Å². The molecular weight excluding hydrogens is 449 g/mol. The van der Waals surface area contributed by atoms with Crippen LogP contribution in [0.4, 0.5) is 4.39 Å². The average molecular weight is 463 g/mol. The van der Waals surface area contributed by atoms with Crippen LogP contribution in [0.5, 0.6) is 6.01 Å². The summed E-state index contributed by atoms with van der Waals surface area (Å²) >= 11 is 1.18. The van der Waals surface area contributed by atoms with Gasteiger partial charge in [-0.3, -0.25) is 14.6 Å². The van der Waals surface area contributed by atoms with Gasteiger partial charge in [-0.2, -0.15) is 4.98 Å². The number of nitrogens with zero attached hydrogens (tertiary/aromatic N) is 4. The molecule has 0 radical (unpaired) electrons. The van der Waals surface area contributed by atoms with Crippen LogP contribution in [0, 0.1) is 12.7 Å². The molecule has 9 nitrogen and oxygen atoms in total. The molecule has 11 heteroatoms. The van der Waals surface area contributed by atoms with Crippen molar-refractivity contribution in [2.45, 2.75) is 6.92 Å². The minimum Gasteiger partial charge on any atom is -0.468 e. The van der Waals surface area contributed by atoms with Crippen molar-refractivity contribution >= 4 is 27.3 Å². The summed E-state index contributed by atoms with van der Waals surface area (Å²) in [7, 11) is 1.36. The lowest BCUT2D eigenvalue weighted by Gasteiger charge is -2.02. The van der Waals surface area contributed by atoms with E-state index in [9.17, 15) is 14.0 Å². The number of fused-ring (bicyclic) bond motifs is 1. The number of hydrogen-bond donors (Lipinski definition) is 1. The van der Waals surface area contributed by atoms with Crippen molar-refractivity contribution in [2.75, 3.05) is 7.11 Å². The minimum absolute atomic E-state index is 0.0187. The van der Waals surface area contributed by atoms with E-state index in [1.54, 1.807) is 25.1 Å². The summed E-state index contributed by atoms with van der Waals surface area (Å²) in [6, 6.07) is 11.6. The van der Waals surface area contributed by atoms with Crippen LogP contribution < -0.4 is 10.3 Å². The lowest BCUT2D eigenvalue weighted by Crippen LogP contribution is -2.14. The quantitative estimate of drug-likeness (QED) is 0.391. The summed E-state index contributed by atoms with van der Waals surface area (Å²) in [5.74, 6) is -1.22. The van der Waals surface area contributed by atoms with Gasteiger partial charge in [-0.15, -0.1) is 21.5 Å². The number of ether oxygens (including phenoxy) is 1. The van der Waals surface area contributed by atoms with E-state index in [-0.39, 0.29) is 39.9 Å². The Morgan fingerprint density at radius 3 is 2.61 bits per heavy atom. The maximum Gasteiger partial charge on any atom is 0.296 e. The summed E-state index contributed by atoms with van der Waals surface area (Å²) in [5.41, 5.74) is 2.28. The van der Waals surface area contributed by atoms with Gasteiger partial charge in [-0.1, -0.05) is 18.2 Å². The number of rotatable bonds is 5. The Hall–Kier alpha value is -4.25. The van der Waals surface area contributed by atoms with Crippen LogP contribution in [0.15, 0.2) is 51.7 Å². The molecule has 33 heavy (non-hydrogen) atoms. The number of halogens is 1. The van der Waals surface area contributed by atoms with Gasteiger partial charge in [0, 0.05) is 5.56 Å². The number of carbonyl (C=O) groups excluding carboxylic acids is 1. The monoisotopic (exact) mass is 463 g/mol. The van der Waals surface area contributed by atoms with Crippen LogP contribution in [0.1, 0.15) is 21.3 Å². The van der Waals surface area contributed by atoms with Crippen molar-refractivity contribution in [1.29, 1.82) is 0 Å². The Bertz CT molecular complexity index is 1570. The molecule has 3 heterocycles. The van der Waals surface area contributed by atoms with Crippen LogP contribution in [0.25, 0.3) is 32.9 Å². The third-order valence-corrected chi connectivity index (χ3v) is 5.92. The number of nitrogens with one attached hydrogen (secondary N) is 1. The van der Waals surface area contributed by atoms with Gasteiger partial charge in [0.1, 0.15) is 11.5 Å². The predicted octanol–water partition coefficient (Wildman–Crippen LogP) is 3.78. The number of thiazole rings is 1. The molecule has 0 bridgehead atoms. The van der Waals surface area contributed by atoms with Gasteiger partial charge in [-0.05, 0) is 42.3 Å². The van der Waals surface area contributed by atoms with Crippen LogP contribution in [-0.2, 0) is 0 Å². The third-order valence-electron chi connectivity index (χ3n) is 4.91. The van der Waals surface area contributed by atoms with E-state index in [1.165, 1.54) is 30.6 Å². The van der Waals surface area contributed by atoms with Crippen molar-refractivity contribution in [2.24, 2.45) is 0 Å². The number of H-pyrrole nitrogens is 1. The molecule has 0 unspecified atom stereocenters. The maximum atomic E-state index is 13.2. The number of benzene rings is 2. The lowest BCUT2D eigenvalue weighted by atomic mass is 10.1. The highest BCUT2D eigenvalue weighted by Gasteiger charge is 2.24. The number of carbonyl (C=O) groups is 1. The maximum absolute atomic E-state index is 13.2. The van der Waals surface area contributed by atoms with Crippen LogP contribution in [-0.4, -0.2) is 38.0 Å². The zero-order chi connectivity index (χ0) is 23.1. The van der Waals surface area contributed by atoms with Crippen LogP contribution >= 0.6 is 11.3 Å². The van der Waals surface area contributed by atoms with E-state index < -0.39 is 11.3 Å². The highest BCUT2D eigenvalue weighted by Crippen LogP contribution is 2.30. The predicted molar refractivity (Wildman–Crippen MR) is 118 cm³/mol. The fourth-order valence-electron chi connectivity index (χ4n) is 3.16. The van der Waals surface area contributed by atoms with Crippen molar-refractivity contribution < 1.29 is 18.3 Å². The molecule has 164 valence electrons. The zero-order valence-corrected chi connectivity index (χ0v) is 18.1. The Morgan fingerprint density at radius 2 is 1.85 bits per heavy atom. The number of methoxy groups -OCH3 is 1. The molecule has 1 N–H and O–H groups in total. The van der Waals surface area contributed by atoms with Crippen LogP contribution in [0.3, 0.4) is 0 Å². The summed E-state index contributed by atoms with van der Waals surface area (Å²) in [5, 5.41) is 7.84. The molecule has 0 saturated carbocycles. The average Bonchev–Trinajstić information content (AvgIpc) is 3.48. The molecule has 0 aliphatic heterocycles. The summed E-state index contributed by atoms with van der Waals surface area (Å²) < 4.78 is 24.5. The lowest BCUT2D eigenvalue weighted by molar-refractivity contribution is 0.100. The number of hydrogen-bond acceptors (Lipinski definition) is 9. The van der Waals surface area contributed by atoms with Gasteiger partial charge in [0.15, 0.2) is 5.01 Å². The van der Waals surface area contributed by atoms with Crippen molar-refractivity contribution in [3.63, 3.8) is 0 Å². The first-order valence-corrected chi connectivity index (χ1v) is 10.4. The number of aromatic nitrogens is 5. The molecule has 0 atom stereocenters. The normalized spacial score (nSPS) is 11.1. The van der Waals surface area contributed by atoms with E-state index in [2.05, 4.69) is 25.1 Å². The molecule has 0 amide bonds. The Morgan fingerprint density at radius 1 is 1.09 bits per heavy atom. The first-order chi connectivity index (χ1) is 15.9. The van der Waals surface area contributed by atoms with Gasteiger partial charge in [-0.25, -0.2) is 9.37 Å². The number of ketones is 1. The second-order valence-electron chi connectivity index (χ2n) is 7.00. The van der Waals surface area contributed by atoms with Gasteiger partial charge in [0.2, 0.25) is 0 Å². The second-order valence-corrected chi connectivity index (χ2v) is 8.03. The highest BCUT2D eigenvalue weighted by molar-refractivity contribution is 7.20. The van der Waals surface area contributed by atoms with E-state index in [0.717, 1.165) is 15.8 Å². The smallest absolute Gasteiger partial charge is 0.296 e. The standard InChI is InChI=1S/C22H14FN5O4S/c1-10-16(25-22(31-2)26-18(10)30)19-27-28-20(32-19)17(29)21-24-14-8-5-12(9-15(14)33-21)11-3-6-13(23)7-4-11/h3-9H,1-2H3,(H,25,26,30). The minimum atomic E-state index is -0.548. The van der Waals surface area contributed by atoms with E-state index in [4.69, 9.17) is 9.15 Å². The van der Waals surface area contributed by atoms with E-state index in [0.29, 0.717) is 5.52 Å². The largest absolute Gasteiger partial charge is 0.468 e. The van der Waals surface area contributed by atoms with Crippen molar-refractivity contribution in [3.8, 4) is 28.7 Å². The Labute approximate surface area is 188 Å². The fraction of sp³-hybridized carbons (Fsp3) is 0.0909. The molecule has 0 saturated heterocycles. The number of aromatic amines is 1. The topological polar surface area (TPSA) is 124 Å². The fourth-order valence-corrected chi connectivity index (χ4v) is 4.10. The summed E-state index contributed by atoms with van der Waals surface area (Å²) in [6.07, 6.45) is 0. The summed E-state index contributed by atoms with van der Waals surface area (Å²) in [4.78, 5) is 35.9. The highest BCUT2D eigenvalue weighted by atomic mass is 32.1. The first kappa shape index (κ1) is 20.6. The molecule has 0 spiro atoms. The molecule has 2 aromatic carbocycles. The molecule has 0 aliphatic rings. The molecule has 5 rings (SSSR count). The SMILES string of the molecule is COc1nc(-c2nnc(C(=O)c3nc4ccc(-c5ccc(F)cc5)cc4s3)o2)c(C)c(=O)[nH]1. The van der Waals surface area contributed by atoms with E-state index >= 15 is 0 Å². The second kappa shape index (κ2) is 8.02. The van der Waals surface area contributed by atoms with Gasteiger partial charge < -0.3 is 9.15 Å². The summed E-state index contributed by atoms with van der Waals surface area (Å²) in [6.45, 7) is 1.54. The molecular formula is C22H14FN5O4S. The van der Waals surface area contributed by atoms with Gasteiger partial charge in [0.05, 0.1) is 17.3 Å². The van der Waals surface area contributed by atoms with Gasteiger partial charge >= 0.3 is 0 Å². The first-order valence-electron chi connectivity index (χ1n) is 9.63. The van der Waals surface area contributed by atoms with Crippen molar-refractivity contribution in [3.05, 3.63) is 75.1 Å². The molecule has 3 aromatic heterocycles. The Balaban J connectivity index is 1.47. The Kier molecular flexibility index (Phi) is 5.02. The third kappa shape index (κ3) is 3.78.